The molecule has 0 saturated carbocycles. The summed E-state index contributed by atoms with van der Waals surface area (Å²) in [6.45, 7) is 2.73. The molecule has 8 heteroatoms. The molecule has 102 valence electrons. The molecule has 5 nitrogen and oxygen atoms in total. The van der Waals surface area contributed by atoms with Gasteiger partial charge in [0.1, 0.15) is 5.92 Å². The number of aliphatic hydroxyl groups is 1. The number of amidine groups is 1. The van der Waals surface area contributed by atoms with Crippen LogP contribution in [0, 0.1) is 11.8 Å². The van der Waals surface area contributed by atoms with Crippen molar-refractivity contribution in [1.82, 2.24) is 5.32 Å². The Bertz CT molecular complexity index is 258. The first-order valence-corrected chi connectivity index (χ1v) is 5.12. The lowest BCUT2D eigenvalue weighted by Crippen LogP contribution is -2.46. The molecule has 0 aromatic rings. The van der Waals surface area contributed by atoms with E-state index in [1.807, 2.05) is 0 Å². The monoisotopic (exact) mass is 257 g/mol. The van der Waals surface area contributed by atoms with Crippen LogP contribution in [0.25, 0.3) is 0 Å². The highest BCUT2D eigenvalue weighted by Crippen LogP contribution is 2.26. The number of nitrogens with one attached hydrogen (secondary N) is 1. The maximum atomic E-state index is 12.5. The molecule has 0 rings (SSSR count). The normalized spacial score (nSPS) is 18.8. The molecule has 3 unspecified atom stereocenters. The highest BCUT2D eigenvalue weighted by atomic mass is 19.4. The second-order valence-corrected chi connectivity index (χ2v) is 3.98. The lowest BCUT2D eigenvalue weighted by molar-refractivity contribution is -0.155. The number of rotatable bonds is 6. The molecule has 0 bridgehead atoms. The molecule has 0 saturated heterocycles. The van der Waals surface area contributed by atoms with Crippen LogP contribution in [0.3, 0.4) is 0 Å². The molecule has 0 aliphatic heterocycles. The predicted molar refractivity (Wildman–Crippen MR) is 56.7 cm³/mol. The van der Waals surface area contributed by atoms with Crippen LogP contribution < -0.4 is 11.1 Å². The number of aliphatic hydroxyl groups excluding tert-OH is 1. The fraction of sp³-hybridized carbons (Fsp3) is 0.889. The Balaban J connectivity index is 4.48. The number of alkyl halides is 3. The van der Waals surface area contributed by atoms with E-state index in [-0.39, 0.29) is 18.6 Å². The summed E-state index contributed by atoms with van der Waals surface area (Å²) in [5.41, 5.74) is 4.99. The zero-order valence-corrected chi connectivity index (χ0v) is 9.70. The number of oxime groups is 1. The minimum Gasteiger partial charge on any atom is -0.409 e. The molecule has 0 fully saturated rings. The molecule has 0 aliphatic rings. The molecule has 0 heterocycles. The summed E-state index contributed by atoms with van der Waals surface area (Å²) in [7, 11) is 0. The van der Waals surface area contributed by atoms with Gasteiger partial charge in [-0.25, -0.2) is 0 Å². The molecule has 17 heavy (non-hydrogen) atoms. The van der Waals surface area contributed by atoms with Crippen LogP contribution in [0.2, 0.25) is 0 Å². The van der Waals surface area contributed by atoms with Gasteiger partial charge in [0.25, 0.3) is 0 Å². The molecular weight excluding hydrogens is 239 g/mol. The predicted octanol–water partition coefficient (Wildman–Crippen LogP) is 0.518. The fourth-order valence-electron chi connectivity index (χ4n) is 1.12. The molecular formula is C9H18F3N3O2. The Hall–Kier alpha value is -1.02. The summed E-state index contributed by atoms with van der Waals surface area (Å²) >= 11 is 0. The number of nitrogens with two attached hydrogens (primary N) is 1. The molecule has 5 N–H and O–H groups in total. The quantitative estimate of drug-likeness (QED) is 0.242. The van der Waals surface area contributed by atoms with Crippen molar-refractivity contribution in [2.24, 2.45) is 22.7 Å². The van der Waals surface area contributed by atoms with E-state index >= 15 is 0 Å². The average molecular weight is 257 g/mol. The Morgan fingerprint density at radius 2 is 1.94 bits per heavy atom. The summed E-state index contributed by atoms with van der Waals surface area (Å²) in [5.74, 6) is -3.11. The smallest absolute Gasteiger partial charge is 0.400 e. The van der Waals surface area contributed by atoms with Crippen molar-refractivity contribution < 1.29 is 23.5 Å². The van der Waals surface area contributed by atoms with E-state index in [0.717, 1.165) is 0 Å². The number of nitrogens with zero attached hydrogens (tertiary/aromatic N) is 1. The van der Waals surface area contributed by atoms with E-state index in [1.165, 1.54) is 0 Å². The van der Waals surface area contributed by atoms with Gasteiger partial charge in [0, 0.05) is 19.2 Å². The Morgan fingerprint density at radius 3 is 2.29 bits per heavy atom. The Kier molecular flexibility index (Phi) is 6.25. The first-order chi connectivity index (χ1) is 7.73. The van der Waals surface area contributed by atoms with Crippen LogP contribution in [0.15, 0.2) is 5.16 Å². The van der Waals surface area contributed by atoms with E-state index in [2.05, 4.69) is 10.5 Å². The van der Waals surface area contributed by atoms with E-state index in [9.17, 15) is 13.2 Å². The molecule has 0 aliphatic carbocycles. The second-order valence-electron chi connectivity index (χ2n) is 3.98. The van der Waals surface area contributed by atoms with Crippen molar-refractivity contribution in [2.75, 3.05) is 13.2 Å². The SMILES string of the molecule is CC(CO)C(C)NCC(C(N)=NO)C(F)(F)F. The topological polar surface area (TPSA) is 90.9 Å². The second kappa shape index (κ2) is 6.65. The van der Waals surface area contributed by atoms with Gasteiger partial charge in [-0.2, -0.15) is 13.2 Å². The maximum absolute atomic E-state index is 12.5. The molecule has 0 amide bonds. The first-order valence-electron chi connectivity index (χ1n) is 5.12. The van der Waals surface area contributed by atoms with Crippen LogP contribution in [0.5, 0.6) is 0 Å². The zero-order chi connectivity index (χ0) is 13.6. The van der Waals surface area contributed by atoms with Crippen molar-refractivity contribution in [3.63, 3.8) is 0 Å². The molecule has 0 aromatic heterocycles. The third-order valence-corrected chi connectivity index (χ3v) is 2.65. The van der Waals surface area contributed by atoms with Crippen molar-refractivity contribution >= 4 is 5.84 Å². The van der Waals surface area contributed by atoms with Crippen molar-refractivity contribution in [3.05, 3.63) is 0 Å². The van der Waals surface area contributed by atoms with Gasteiger partial charge in [-0.05, 0) is 12.8 Å². The van der Waals surface area contributed by atoms with Gasteiger partial charge in [0.2, 0.25) is 0 Å². The highest BCUT2D eigenvalue weighted by Gasteiger charge is 2.42. The van der Waals surface area contributed by atoms with Gasteiger partial charge in [-0.15, -0.1) is 0 Å². The minimum absolute atomic E-state index is 0.131. The molecule has 0 aromatic carbocycles. The summed E-state index contributed by atoms with van der Waals surface area (Å²) in [5, 5.41) is 22.1. The standard InChI is InChI=1S/C9H18F3N3O2/c1-5(4-16)6(2)14-3-7(8(13)15-17)9(10,11)12/h5-7,14,16-17H,3-4H2,1-2H3,(H2,13,15). The summed E-state index contributed by atoms with van der Waals surface area (Å²) in [6.07, 6.45) is -4.58. The van der Waals surface area contributed by atoms with Crippen LogP contribution in [-0.4, -0.2) is 41.5 Å². The van der Waals surface area contributed by atoms with Crippen LogP contribution in [-0.2, 0) is 0 Å². The minimum atomic E-state index is -4.58. The zero-order valence-electron chi connectivity index (χ0n) is 9.70. The summed E-state index contributed by atoms with van der Waals surface area (Å²) < 4.78 is 37.6. The molecule has 0 radical (unpaired) electrons. The van der Waals surface area contributed by atoms with Crippen molar-refractivity contribution in [1.29, 1.82) is 0 Å². The van der Waals surface area contributed by atoms with Gasteiger partial charge < -0.3 is 21.4 Å². The Labute approximate surface area is 97.5 Å². The van der Waals surface area contributed by atoms with E-state index in [1.54, 1.807) is 13.8 Å². The molecule has 0 spiro atoms. The Morgan fingerprint density at radius 1 is 1.41 bits per heavy atom. The van der Waals surface area contributed by atoms with Crippen LogP contribution >= 0.6 is 0 Å². The average Bonchev–Trinajstić information content (AvgIpc) is 2.25. The number of hydrogen-bond acceptors (Lipinski definition) is 4. The third-order valence-electron chi connectivity index (χ3n) is 2.65. The summed E-state index contributed by atoms with van der Waals surface area (Å²) in [4.78, 5) is 0. The first kappa shape index (κ1) is 16.0. The third kappa shape index (κ3) is 5.22. The number of hydrogen-bond donors (Lipinski definition) is 4. The lowest BCUT2D eigenvalue weighted by Gasteiger charge is -2.24. The van der Waals surface area contributed by atoms with Crippen molar-refractivity contribution in [3.8, 4) is 0 Å². The summed E-state index contributed by atoms with van der Waals surface area (Å²) in [6, 6.07) is -0.309. The van der Waals surface area contributed by atoms with Crippen LogP contribution in [0.1, 0.15) is 13.8 Å². The maximum Gasteiger partial charge on any atom is 0.400 e. The molecule has 3 atom stereocenters. The lowest BCUT2D eigenvalue weighted by atomic mass is 10.0. The van der Waals surface area contributed by atoms with Gasteiger partial charge in [-0.3, -0.25) is 0 Å². The fourth-order valence-corrected chi connectivity index (χ4v) is 1.12. The van der Waals surface area contributed by atoms with Gasteiger partial charge in [-0.1, -0.05) is 12.1 Å². The largest absolute Gasteiger partial charge is 0.409 e. The number of halogens is 3. The van der Waals surface area contributed by atoms with E-state index in [4.69, 9.17) is 16.0 Å². The van der Waals surface area contributed by atoms with E-state index < -0.39 is 24.5 Å². The van der Waals surface area contributed by atoms with E-state index in [0.29, 0.717) is 0 Å². The van der Waals surface area contributed by atoms with Gasteiger partial charge in [0.05, 0.1) is 0 Å². The van der Waals surface area contributed by atoms with Gasteiger partial charge in [0.15, 0.2) is 5.84 Å². The highest BCUT2D eigenvalue weighted by molar-refractivity contribution is 5.83. The van der Waals surface area contributed by atoms with Crippen LogP contribution in [0.4, 0.5) is 13.2 Å². The van der Waals surface area contributed by atoms with Gasteiger partial charge >= 0.3 is 6.18 Å². The van der Waals surface area contributed by atoms with Crippen molar-refractivity contribution in [2.45, 2.75) is 26.1 Å².